The predicted octanol–water partition coefficient (Wildman–Crippen LogP) is 6.32. The van der Waals surface area contributed by atoms with Crippen LogP contribution in [0.2, 0.25) is 0 Å². The molecule has 2 rings (SSSR count). The van der Waals surface area contributed by atoms with Gasteiger partial charge >= 0.3 is 29.8 Å². The number of ether oxygens (including phenoxy) is 2. The van der Waals surface area contributed by atoms with E-state index < -0.39 is 58.9 Å². The van der Waals surface area contributed by atoms with Crippen molar-refractivity contribution in [3.63, 3.8) is 0 Å². The van der Waals surface area contributed by atoms with Crippen molar-refractivity contribution in [3.05, 3.63) is 71.8 Å². The Balaban J connectivity index is 2.38. The van der Waals surface area contributed by atoms with Gasteiger partial charge in [0.2, 0.25) is 0 Å². The van der Waals surface area contributed by atoms with Crippen molar-refractivity contribution >= 4 is 29.8 Å². The molecule has 0 bridgehead atoms. The highest BCUT2D eigenvalue weighted by molar-refractivity contribution is 5.89. The highest BCUT2D eigenvalue weighted by Gasteiger charge is 2.54. The van der Waals surface area contributed by atoms with Gasteiger partial charge in [-0.05, 0) is 49.1 Å². The summed E-state index contributed by atoms with van der Waals surface area (Å²) in [4.78, 5) is 64.2. The second-order valence-corrected chi connectivity index (χ2v) is 12.3. The summed E-state index contributed by atoms with van der Waals surface area (Å²) >= 11 is 0. The van der Waals surface area contributed by atoms with Gasteiger partial charge in [-0.2, -0.15) is 0 Å². The first kappa shape index (κ1) is 38.0. The molecule has 2 aromatic rings. The third kappa shape index (κ3) is 11.0. The monoisotopic (exact) mass is 640 g/mol. The Bertz CT molecular complexity index is 1270. The molecule has 0 spiro atoms. The molecule has 0 amide bonds. The van der Waals surface area contributed by atoms with Crippen molar-refractivity contribution in [1.29, 1.82) is 0 Å². The van der Waals surface area contributed by atoms with Crippen LogP contribution in [0.5, 0.6) is 0 Å². The van der Waals surface area contributed by atoms with E-state index in [0.717, 1.165) is 18.4 Å². The van der Waals surface area contributed by atoms with Crippen LogP contribution in [0.1, 0.15) is 89.7 Å². The quantitative estimate of drug-likeness (QED) is 0.104. The maximum absolute atomic E-state index is 13.9. The molecule has 0 aliphatic carbocycles. The van der Waals surface area contributed by atoms with Crippen LogP contribution in [0.3, 0.4) is 0 Å². The fourth-order valence-electron chi connectivity index (χ4n) is 5.93. The molecule has 0 aliphatic heterocycles. The number of esters is 2. The molecule has 5 unspecified atom stereocenters. The van der Waals surface area contributed by atoms with Gasteiger partial charge in [-0.15, -0.1) is 0 Å². The molecular formula is C36H48O10. The van der Waals surface area contributed by atoms with Gasteiger partial charge in [0.1, 0.15) is 0 Å². The number of carboxylic acids is 3. The van der Waals surface area contributed by atoms with Gasteiger partial charge in [0.05, 0.1) is 36.9 Å². The average Bonchev–Trinajstić information content (AvgIpc) is 3.02. The van der Waals surface area contributed by atoms with Gasteiger partial charge in [-0.1, -0.05) is 94.8 Å². The minimum Gasteiger partial charge on any atom is -0.481 e. The Morgan fingerprint density at radius 3 is 1.83 bits per heavy atom. The first-order chi connectivity index (χ1) is 21.8. The number of benzene rings is 2. The minimum absolute atomic E-state index is 0.0808. The lowest BCUT2D eigenvalue weighted by atomic mass is 9.62. The van der Waals surface area contributed by atoms with Crippen molar-refractivity contribution < 1.29 is 48.8 Å². The molecule has 0 saturated carbocycles. The van der Waals surface area contributed by atoms with E-state index in [-0.39, 0.29) is 25.4 Å². The van der Waals surface area contributed by atoms with Crippen LogP contribution in [0.15, 0.2) is 60.7 Å². The van der Waals surface area contributed by atoms with Gasteiger partial charge < -0.3 is 24.8 Å². The summed E-state index contributed by atoms with van der Waals surface area (Å²) in [5.41, 5.74) is 0.0869. The van der Waals surface area contributed by atoms with E-state index >= 15 is 0 Å². The smallest absolute Gasteiger partial charge is 0.310 e. The third-order valence-corrected chi connectivity index (χ3v) is 8.62. The Morgan fingerprint density at radius 1 is 0.717 bits per heavy atom. The normalized spacial score (nSPS) is 14.7. The topological polar surface area (TPSA) is 164 Å². The molecule has 10 nitrogen and oxygen atoms in total. The van der Waals surface area contributed by atoms with Gasteiger partial charge in [-0.3, -0.25) is 24.0 Å². The second kappa shape index (κ2) is 18.7. The van der Waals surface area contributed by atoms with Crippen LogP contribution in [0.25, 0.3) is 0 Å². The Kier molecular flexibility index (Phi) is 15.4. The summed E-state index contributed by atoms with van der Waals surface area (Å²) < 4.78 is 10.7. The molecule has 0 radical (unpaired) electrons. The molecule has 0 aliphatic rings. The molecule has 0 heterocycles. The zero-order valence-electron chi connectivity index (χ0n) is 27.2. The number of carboxylic acid groups (broad SMARTS) is 3. The minimum atomic E-state index is -1.94. The lowest BCUT2D eigenvalue weighted by molar-refractivity contribution is -0.172. The molecule has 0 fully saturated rings. The first-order valence-electron chi connectivity index (χ1n) is 15.9. The summed E-state index contributed by atoms with van der Waals surface area (Å²) in [5.74, 6) is -13.3. The van der Waals surface area contributed by atoms with Crippen LogP contribution in [0.4, 0.5) is 0 Å². The fourth-order valence-corrected chi connectivity index (χ4v) is 5.93. The van der Waals surface area contributed by atoms with Crippen LogP contribution >= 0.6 is 0 Å². The molecular weight excluding hydrogens is 592 g/mol. The van der Waals surface area contributed by atoms with Crippen LogP contribution in [0, 0.1) is 23.7 Å². The van der Waals surface area contributed by atoms with E-state index in [2.05, 4.69) is 0 Å². The molecule has 0 saturated heterocycles. The standard InChI is InChI=1S/C36H48O10/c1-5-6-21-45-28(37)20-14-9-15-22-46-35(44)31(36(3,4)26-18-12-8-13-19-26)30(34(42)43)29(33(40)41)27(32(38)39)23-24(2)25-16-10-7-11-17-25/h7-8,10-13,16-19,24,27,29-31H,5-6,9,14-15,20-23H2,1-4H3,(H,38,39)(H,40,41)(H,42,43). The van der Waals surface area contributed by atoms with Crippen molar-refractivity contribution in [3.8, 4) is 0 Å². The highest BCUT2D eigenvalue weighted by atomic mass is 16.5. The zero-order valence-corrected chi connectivity index (χ0v) is 27.2. The SMILES string of the molecule is CCCCOC(=O)CCCCCOC(=O)C(C(C(=O)O)C(C(=O)O)C(CC(C)c1ccccc1)C(=O)O)C(C)(C)c1ccccc1. The van der Waals surface area contributed by atoms with Crippen molar-refractivity contribution in [2.24, 2.45) is 23.7 Å². The first-order valence-corrected chi connectivity index (χ1v) is 15.9. The van der Waals surface area contributed by atoms with Crippen molar-refractivity contribution in [1.82, 2.24) is 0 Å². The second-order valence-electron chi connectivity index (χ2n) is 12.3. The molecule has 46 heavy (non-hydrogen) atoms. The number of unbranched alkanes of at least 4 members (excludes halogenated alkanes) is 3. The zero-order chi connectivity index (χ0) is 34.3. The molecule has 3 N–H and O–H groups in total. The number of hydrogen-bond acceptors (Lipinski definition) is 7. The van der Waals surface area contributed by atoms with Gasteiger partial charge in [-0.25, -0.2) is 0 Å². The summed E-state index contributed by atoms with van der Waals surface area (Å²) in [6, 6.07) is 17.6. The Hall–Kier alpha value is -4.21. The molecule has 10 heteroatoms. The van der Waals surface area contributed by atoms with Crippen LogP contribution < -0.4 is 0 Å². The van der Waals surface area contributed by atoms with E-state index in [1.807, 2.05) is 6.92 Å². The summed E-state index contributed by atoms with van der Waals surface area (Å²) in [5, 5.41) is 31.3. The Labute approximate surface area is 271 Å². The molecule has 0 aromatic heterocycles. The van der Waals surface area contributed by atoms with Crippen molar-refractivity contribution in [2.45, 2.75) is 84.0 Å². The van der Waals surface area contributed by atoms with Gasteiger partial charge in [0.25, 0.3) is 0 Å². The Morgan fingerprint density at radius 2 is 1.28 bits per heavy atom. The lowest BCUT2D eigenvalue weighted by Crippen LogP contribution is -2.51. The van der Waals surface area contributed by atoms with E-state index in [4.69, 9.17) is 9.47 Å². The average molecular weight is 641 g/mol. The number of rotatable bonds is 21. The van der Waals surface area contributed by atoms with Crippen LogP contribution in [-0.2, 0) is 38.9 Å². The number of carbonyl (C=O) groups excluding carboxylic acids is 2. The number of carbonyl (C=O) groups is 5. The third-order valence-electron chi connectivity index (χ3n) is 8.62. The molecule has 5 atom stereocenters. The van der Waals surface area contributed by atoms with E-state index in [0.29, 0.717) is 31.4 Å². The maximum Gasteiger partial charge on any atom is 0.310 e. The van der Waals surface area contributed by atoms with Crippen LogP contribution in [-0.4, -0.2) is 58.4 Å². The fraction of sp³-hybridized carbons (Fsp3) is 0.528. The summed E-state index contributed by atoms with van der Waals surface area (Å²) in [7, 11) is 0. The molecule has 252 valence electrons. The summed E-state index contributed by atoms with van der Waals surface area (Å²) in [6.07, 6.45) is 3.22. The predicted molar refractivity (Wildman–Crippen MR) is 171 cm³/mol. The van der Waals surface area contributed by atoms with Gasteiger partial charge in [0, 0.05) is 11.8 Å². The lowest BCUT2D eigenvalue weighted by Gasteiger charge is -2.40. The largest absolute Gasteiger partial charge is 0.481 e. The number of aliphatic carboxylic acids is 3. The summed E-state index contributed by atoms with van der Waals surface area (Å²) in [6.45, 7) is 7.32. The van der Waals surface area contributed by atoms with Crippen molar-refractivity contribution in [2.75, 3.05) is 13.2 Å². The van der Waals surface area contributed by atoms with E-state index in [9.17, 15) is 39.3 Å². The maximum atomic E-state index is 13.9. The highest BCUT2D eigenvalue weighted by Crippen LogP contribution is 2.44. The number of hydrogen-bond donors (Lipinski definition) is 3. The van der Waals surface area contributed by atoms with E-state index in [1.165, 1.54) is 0 Å². The van der Waals surface area contributed by atoms with E-state index in [1.54, 1.807) is 81.4 Å². The van der Waals surface area contributed by atoms with Gasteiger partial charge in [0.15, 0.2) is 0 Å². The molecule has 2 aromatic carbocycles.